The van der Waals surface area contributed by atoms with Crippen LogP contribution in [0.4, 0.5) is 5.69 Å². The number of anilines is 1. The molecule has 204 valence electrons. The Labute approximate surface area is 233 Å². The molecule has 2 aromatic heterocycles. The number of aromatic nitrogens is 5. The molecule has 5 aromatic rings. The molecule has 1 fully saturated rings. The fourth-order valence-electron chi connectivity index (χ4n) is 5.59. The normalized spacial score (nSPS) is 14.9. The van der Waals surface area contributed by atoms with Gasteiger partial charge in [-0.1, -0.05) is 42.5 Å². The Balaban J connectivity index is 1.39. The molecule has 1 atom stereocenters. The van der Waals surface area contributed by atoms with Crippen LogP contribution in [0.1, 0.15) is 34.1 Å². The molecule has 0 amide bonds. The number of methoxy groups -OCH3 is 1. The number of rotatable bonds is 7. The third kappa shape index (κ3) is 5.08. The zero-order chi connectivity index (χ0) is 27.6. The molecule has 0 aliphatic carbocycles. The molecule has 0 saturated carbocycles. The fraction of sp³-hybridized carbons (Fsp3) is 0.290. The minimum Gasteiger partial charge on any atom is -0.497 e. The molecule has 40 heavy (non-hydrogen) atoms. The second-order valence-electron chi connectivity index (χ2n) is 10.4. The van der Waals surface area contributed by atoms with Gasteiger partial charge in [0, 0.05) is 48.3 Å². The first-order valence-electron chi connectivity index (χ1n) is 13.6. The quantitative estimate of drug-likeness (QED) is 0.336. The van der Waals surface area contributed by atoms with Crippen molar-refractivity contribution in [1.82, 2.24) is 30.1 Å². The maximum atomic E-state index is 13.6. The first-order valence-corrected chi connectivity index (χ1v) is 13.6. The van der Waals surface area contributed by atoms with E-state index in [2.05, 4.69) is 74.5 Å². The van der Waals surface area contributed by atoms with Gasteiger partial charge in [-0.15, -0.1) is 5.10 Å². The Bertz CT molecular complexity index is 1690. The van der Waals surface area contributed by atoms with Crippen LogP contribution in [0.5, 0.6) is 5.75 Å². The number of nitrogens with one attached hydrogen (secondary N) is 1. The molecule has 1 N–H and O–H groups in total. The first-order chi connectivity index (χ1) is 19.5. The predicted molar refractivity (Wildman–Crippen MR) is 156 cm³/mol. The summed E-state index contributed by atoms with van der Waals surface area (Å²) in [4.78, 5) is 21.4. The van der Waals surface area contributed by atoms with E-state index in [1.54, 1.807) is 7.11 Å². The summed E-state index contributed by atoms with van der Waals surface area (Å²) < 4.78 is 7.27. The van der Waals surface area contributed by atoms with Crippen molar-refractivity contribution in [1.29, 1.82) is 0 Å². The van der Waals surface area contributed by atoms with E-state index in [1.165, 1.54) is 16.8 Å². The van der Waals surface area contributed by atoms with Crippen LogP contribution in [0.25, 0.3) is 10.9 Å². The third-order valence-corrected chi connectivity index (χ3v) is 7.74. The standard InChI is InChI=1S/C31H33N7O2/c1-21-9-10-22(2)28(17-21)36-13-15-37(16-14-36)29(30-33-34-35-38(30)20-23-7-5-4-6-8-23)26-19-24-18-25(40-3)11-12-27(24)32-31(26)39/h4-12,17-19,29H,13-16,20H2,1-3H3,(H,32,39). The number of benzene rings is 3. The molecule has 1 saturated heterocycles. The minimum absolute atomic E-state index is 0.145. The van der Waals surface area contributed by atoms with Crippen LogP contribution in [-0.4, -0.2) is 63.4 Å². The maximum Gasteiger partial charge on any atom is 0.253 e. The molecular weight excluding hydrogens is 502 g/mol. The molecule has 1 aliphatic rings. The monoisotopic (exact) mass is 535 g/mol. The van der Waals surface area contributed by atoms with E-state index in [4.69, 9.17) is 4.74 Å². The molecule has 9 heteroatoms. The highest BCUT2D eigenvalue weighted by Crippen LogP contribution is 2.31. The Kier molecular flexibility index (Phi) is 7.04. The fourth-order valence-corrected chi connectivity index (χ4v) is 5.59. The molecule has 1 unspecified atom stereocenters. The van der Waals surface area contributed by atoms with Crippen molar-refractivity contribution in [2.24, 2.45) is 0 Å². The van der Waals surface area contributed by atoms with Gasteiger partial charge in [0.25, 0.3) is 5.56 Å². The zero-order valence-electron chi connectivity index (χ0n) is 23.0. The molecule has 0 bridgehead atoms. The number of aryl methyl sites for hydroxylation is 2. The van der Waals surface area contributed by atoms with Gasteiger partial charge in [-0.3, -0.25) is 9.69 Å². The number of nitrogens with zero attached hydrogens (tertiary/aromatic N) is 6. The Hall–Kier alpha value is -4.50. The highest BCUT2D eigenvalue weighted by molar-refractivity contribution is 5.80. The lowest BCUT2D eigenvalue weighted by Crippen LogP contribution is -2.49. The second-order valence-corrected chi connectivity index (χ2v) is 10.4. The van der Waals surface area contributed by atoms with Crippen LogP contribution >= 0.6 is 0 Å². The number of fused-ring (bicyclic) bond motifs is 1. The van der Waals surface area contributed by atoms with Gasteiger partial charge in [0.1, 0.15) is 11.8 Å². The summed E-state index contributed by atoms with van der Waals surface area (Å²) in [5.41, 5.74) is 6.10. The largest absolute Gasteiger partial charge is 0.497 e. The number of hydrogen-bond acceptors (Lipinski definition) is 7. The number of aromatic amines is 1. The predicted octanol–water partition coefficient (Wildman–Crippen LogP) is 4.10. The van der Waals surface area contributed by atoms with Crippen LogP contribution in [0.15, 0.2) is 77.6 Å². The molecular formula is C31H33N7O2. The summed E-state index contributed by atoms with van der Waals surface area (Å²) >= 11 is 0. The van der Waals surface area contributed by atoms with Gasteiger partial charge in [-0.2, -0.15) is 0 Å². The van der Waals surface area contributed by atoms with E-state index in [9.17, 15) is 4.79 Å². The summed E-state index contributed by atoms with van der Waals surface area (Å²) in [5.74, 6) is 1.38. The van der Waals surface area contributed by atoms with Gasteiger partial charge in [0.2, 0.25) is 0 Å². The van der Waals surface area contributed by atoms with Crippen LogP contribution in [0.3, 0.4) is 0 Å². The van der Waals surface area contributed by atoms with Crippen LogP contribution < -0.4 is 15.2 Å². The van der Waals surface area contributed by atoms with Gasteiger partial charge in [-0.25, -0.2) is 4.68 Å². The minimum atomic E-state index is -0.418. The summed E-state index contributed by atoms with van der Waals surface area (Å²) in [6.45, 7) is 7.98. The molecule has 9 nitrogen and oxygen atoms in total. The summed E-state index contributed by atoms with van der Waals surface area (Å²) in [6.07, 6.45) is 0. The molecule has 1 aliphatic heterocycles. The Morgan fingerprint density at radius 1 is 0.950 bits per heavy atom. The summed E-state index contributed by atoms with van der Waals surface area (Å²) in [5, 5.41) is 13.8. The van der Waals surface area contributed by atoms with E-state index in [1.807, 2.05) is 47.1 Å². The highest BCUT2D eigenvalue weighted by atomic mass is 16.5. The Morgan fingerprint density at radius 3 is 2.52 bits per heavy atom. The molecule has 3 heterocycles. The first kappa shape index (κ1) is 25.8. The second kappa shape index (κ2) is 10.9. The number of pyridine rings is 1. The zero-order valence-corrected chi connectivity index (χ0v) is 23.0. The summed E-state index contributed by atoms with van der Waals surface area (Å²) in [7, 11) is 1.64. The van der Waals surface area contributed by atoms with Crippen molar-refractivity contribution in [2.75, 3.05) is 38.2 Å². The smallest absolute Gasteiger partial charge is 0.253 e. The van der Waals surface area contributed by atoms with Gasteiger partial charge in [0.05, 0.1) is 13.7 Å². The third-order valence-electron chi connectivity index (χ3n) is 7.74. The van der Waals surface area contributed by atoms with E-state index in [-0.39, 0.29) is 5.56 Å². The average Bonchev–Trinajstić information content (AvgIpc) is 3.43. The lowest BCUT2D eigenvalue weighted by molar-refractivity contribution is 0.200. The van der Waals surface area contributed by atoms with Crippen molar-refractivity contribution in [2.45, 2.75) is 26.4 Å². The lowest BCUT2D eigenvalue weighted by atomic mass is 10.0. The SMILES string of the molecule is COc1ccc2[nH]c(=O)c(C(c3nnnn3Cc3ccccc3)N3CCN(c4cc(C)ccc4C)CC3)cc2c1. The molecule has 3 aromatic carbocycles. The summed E-state index contributed by atoms with van der Waals surface area (Å²) in [6, 6.07) is 23.9. The van der Waals surface area contributed by atoms with E-state index >= 15 is 0 Å². The molecule has 0 radical (unpaired) electrons. The van der Waals surface area contributed by atoms with Gasteiger partial charge < -0.3 is 14.6 Å². The van der Waals surface area contributed by atoms with Crippen molar-refractivity contribution in [3.63, 3.8) is 0 Å². The van der Waals surface area contributed by atoms with Crippen molar-refractivity contribution in [3.05, 3.63) is 111 Å². The number of hydrogen-bond donors (Lipinski definition) is 1. The van der Waals surface area contributed by atoms with Gasteiger partial charge in [-0.05, 0) is 71.3 Å². The maximum absolute atomic E-state index is 13.6. The van der Waals surface area contributed by atoms with Gasteiger partial charge in [0.15, 0.2) is 5.82 Å². The van der Waals surface area contributed by atoms with Gasteiger partial charge >= 0.3 is 0 Å². The van der Waals surface area contributed by atoms with Crippen LogP contribution in [-0.2, 0) is 6.54 Å². The van der Waals surface area contributed by atoms with E-state index < -0.39 is 6.04 Å². The topological polar surface area (TPSA) is 92.2 Å². The lowest BCUT2D eigenvalue weighted by Gasteiger charge is -2.40. The van der Waals surface area contributed by atoms with E-state index in [0.717, 1.165) is 48.4 Å². The number of piperazine rings is 1. The molecule has 0 spiro atoms. The van der Waals surface area contributed by atoms with Crippen molar-refractivity contribution in [3.8, 4) is 5.75 Å². The van der Waals surface area contributed by atoms with Crippen molar-refractivity contribution >= 4 is 16.6 Å². The number of ether oxygens (including phenoxy) is 1. The Morgan fingerprint density at radius 2 is 1.75 bits per heavy atom. The van der Waals surface area contributed by atoms with E-state index in [0.29, 0.717) is 17.9 Å². The number of H-pyrrole nitrogens is 1. The van der Waals surface area contributed by atoms with Crippen molar-refractivity contribution < 1.29 is 4.74 Å². The highest BCUT2D eigenvalue weighted by Gasteiger charge is 2.33. The van der Waals surface area contributed by atoms with Crippen LogP contribution in [0.2, 0.25) is 0 Å². The number of tetrazole rings is 1. The van der Waals surface area contributed by atoms with Crippen LogP contribution in [0, 0.1) is 13.8 Å². The average molecular weight is 536 g/mol. The molecule has 6 rings (SSSR count).